The van der Waals surface area contributed by atoms with Gasteiger partial charge in [0.25, 0.3) is 0 Å². The Kier molecular flexibility index (Phi) is 6.59. The summed E-state index contributed by atoms with van der Waals surface area (Å²) in [6.07, 6.45) is -3.24. The number of nitrogens with one attached hydrogen (secondary N) is 1. The molecule has 4 N–H and O–H groups in total. The topological polar surface area (TPSA) is 123 Å². The first-order valence-corrected chi connectivity index (χ1v) is 10.7. The van der Waals surface area contributed by atoms with Crippen molar-refractivity contribution in [3.8, 4) is 22.9 Å². The van der Waals surface area contributed by atoms with Gasteiger partial charge in [-0.25, -0.2) is 4.79 Å². The van der Waals surface area contributed by atoms with Gasteiger partial charge in [-0.1, -0.05) is 48.5 Å². The third-order valence-corrected chi connectivity index (χ3v) is 5.89. The van der Waals surface area contributed by atoms with Gasteiger partial charge in [-0.05, 0) is 46.9 Å². The number of fused-ring (bicyclic) bond motifs is 3. The third kappa shape index (κ3) is 4.67. The summed E-state index contributed by atoms with van der Waals surface area (Å²) in [7, 11) is 0. The highest BCUT2D eigenvalue weighted by Crippen LogP contribution is 2.44. The number of carbonyl (C=O) groups is 1. The van der Waals surface area contributed by atoms with Gasteiger partial charge < -0.3 is 25.4 Å². The van der Waals surface area contributed by atoms with Crippen LogP contribution < -0.4 is 5.32 Å². The molecule has 7 nitrogen and oxygen atoms in total. The summed E-state index contributed by atoms with van der Waals surface area (Å²) in [5, 5.41) is 42.0. The van der Waals surface area contributed by atoms with E-state index < -0.39 is 18.3 Å². The Hall–Kier alpha value is -3.86. The highest BCUT2D eigenvalue weighted by atomic mass is 16.5. The number of ether oxygens (including phenoxy) is 1. The number of phenols is 1. The van der Waals surface area contributed by atoms with Gasteiger partial charge >= 0.3 is 6.09 Å². The summed E-state index contributed by atoms with van der Waals surface area (Å²) >= 11 is 0. The van der Waals surface area contributed by atoms with E-state index in [4.69, 9.17) is 10.00 Å². The van der Waals surface area contributed by atoms with Crippen molar-refractivity contribution >= 4 is 6.09 Å². The average molecular weight is 444 g/mol. The fraction of sp³-hybridized carbons (Fsp3) is 0.231. The number of hydrogen-bond donors (Lipinski definition) is 4. The first-order chi connectivity index (χ1) is 16.0. The summed E-state index contributed by atoms with van der Waals surface area (Å²) in [5.74, 6) is -0.268. The van der Waals surface area contributed by atoms with E-state index in [9.17, 15) is 20.1 Å². The zero-order chi connectivity index (χ0) is 23.4. The van der Waals surface area contributed by atoms with Gasteiger partial charge in [0.15, 0.2) is 0 Å². The first-order valence-electron chi connectivity index (χ1n) is 10.7. The van der Waals surface area contributed by atoms with Gasteiger partial charge in [0, 0.05) is 18.0 Å². The molecule has 2 unspecified atom stereocenters. The monoisotopic (exact) mass is 444 g/mol. The molecule has 1 amide bonds. The number of aliphatic hydroxyl groups is 2. The van der Waals surface area contributed by atoms with Gasteiger partial charge in [-0.15, -0.1) is 0 Å². The van der Waals surface area contributed by atoms with Crippen molar-refractivity contribution in [2.45, 2.75) is 24.5 Å². The summed E-state index contributed by atoms with van der Waals surface area (Å²) in [6.45, 7) is 0.244. The second-order valence-electron chi connectivity index (χ2n) is 7.94. The zero-order valence-electron chi connectivity index (χ0n) is 17.8. The van der Waals surface area contributed by atoms with Crippen LogP contribution in [0.15, 0.2) is 66.7 Å². The third-order valence-electron chi connectivity index (χ3n) is 5.89. The number of rotatable bonds is 7. The molecule has 3 aromatic rings. The molecule has 1 aliphatic carbocycles. The first kappa shape index (κ1) is 22.3. The van der Waals surface area contributed by atoms with Gasteiger partial charge in [0.05, 0.1) is 17.7 Å². The largest absolute Gasteiger partial charge is 0.508 e. The second-order valence-corrected chi connectivity index (χ2v) is 7.94. The van der Waals surface area contributed by atoms with E-state index in [1.807, 2.05) is 42.5 Å². The Bertz CT molecular complexity index is 1160. The van der Waals surface area contributed by atoms with Crippen LogP contribution in [-0.2, 0) is 4.74 Å². The van der Waals surface area contributed by atoms with Gasteiger partial charge in [-0.2, -0.15) is 5.26 Å². The molecule has 4 rings (SSSR count). The Morgan fingerprint density at radius 2 is 1.67 bits per heavy atom. The van der Waals surface area contributed by atoms with Crippen molar-refractivity contribution in [1.82, 2.24) is 5.32 Å². The predicted molar refractivity (Wildman–Crippen MR) is 121 cm³/mol. The van der Waals surface area contributed by atoms with Crippen molar-refractivity contribution in [2.75, 3.05) is 13.2 Å². The highest BCUT2D eigenvalue weighted by Gasteiger charge is 2.29. The summed E-state index contributed by atoms with van der Waals surface area (Å²) in [4.78, 5) is 12.2. The van der Waals surface area contributed by atoms with Crippen LogP contribution in [0.1, 0.15) is 40.7 Å². The molecule has 2 atom stereocenters. The Labute approximate surface area is 191 Å². The highest BCUT2D eigenvalue weighted by molar-refractivity contribution is 5.79. The van der Waals surface area contributed by atoms with E-state index in [-0.39, 0.29) is 42.4 Å². The Morgan fingerprint density at radius 1 is 1.03 bits per heavy atom. The van der Waals surface area contributed by atoms with Gasteiger partial charge in [0.1, 0.15) is 18.5 Å². The van der Waals surface area contributed by atoms with Crippen molar-refractivity contribution in [2.24, 2.45) is 0 Å². The smallest absolute Gasteiger partial charge is 0.407 e. The number of aromatic hydroxyl groups is 1. The predicted octanol–water partition coefficient (Wildman–Crippen LogP) is 3.59. The van der Waals surface area contributed by atoms with Crippen LogP contribution in [0.3, 0.4) is 0 Å². The number of nitriles is 1. The van der Waals surface area contributed by atoms with Gasteiger partial charge in [-0.3, -0.25) is 0 Å². The molecule has 33 heavy (non-hydrogen) atoms. The number of amides is 1. The van der Waals surface area contributed by atoms with E-state index in [1.165, 1.54) is 18.2 Å². The second kappa shape index (κ2) is 9.74. The van der Waals surface area contributed by atoms with E-state index in [2.05, 4.69) is 17.4 Å². The fourth-order valence-corrected chi connectivity index (χ4v) is 4.20. The molecular weight excluding hydrogens is 420 g/mol. The molecule has 0 aromatic heterocycles. The lowest BCUT2D eigenvalue weighted by Crippen LogP contribution is -2.30. The molecule has 168 valence electrons. The van der Waals surface area contributed by atoms with Crippen LogP contribution in [0.25, 0.3) is 11.1 Å². The Morgan fingerprint density at radius 3 is 2.30 bits per heavy atom. The maximum absolute atomic E-state index is 12.2. The number of aliphatic hydroxyl groups excluding tert-OH is 2. The fourth-order valence-electron chi connectivity index (χ4n) is 4.20. The standard InChI is InChI=1S/C26H24N2O5/c27-14-16-9-10-23(29)21(13-16)25(31)24(30)11-12-28-26(32)33-15-22-19-7-3-1-5-17(19)18-6-2-4-8-20(18)22/h1-10,13,22,24-25,29-31H,11-12,15H2,(H,28,32). The maximum atomic E-state index is 12.2. The van der Waals surface area contributed by atoms with Crippen molar-refractivity contribution in [3.05, 3.63) is 89.0 Å². The van der Waals surface area contributed by atoms with Crippen LogP contribution in [-0.4, -0.2) is 40.7 Å². The molecular formula is C26H24N2O5. The molecule has 0 aliphatic heterocycles. The van der Waals surface area contributed by atoms with Crippen molar-refractivity contribution in [3.63, 3.8) is 0 Å². The molecule has 0 spiro atoms. The summed E-state index contributed by atoms with van der Waals surface area (Å²) < 4.78 is 5.45. The van der Waals surface area contributed by atoms with Crippen LogP contribution in [0.4, 0.5) is 4.79 Å². The van der Waals surface area contributed by atoms with E-state index in [0.29, 0.717) is 0 Å². The number of carbonyl (C=O) groups excluding carboxylic acids is 1. The molecule has 0 fully saturated rings. The quantitative estimate of drug-likeness (QED) is 0.442. The maximum Gasteiger partial charge on any atom is 0.407 e. The molecule has 3 aromatic carbocycles. The molecule has 7 heteroatoms. The normalized spacial score (nSPS) is 14.0. The molecule has 0 radical (unpaired) electrons. The number of benzene rings is 3. The number of phenolic OH excluding ortho intramolecular Hbond substituents is 1. The molecule has 0 saturated carbocycles. The number of hydrogen-bond acceptors (Lipinski definition) is 6. The van der Waals surface area contributed by atoms with Gasteiger partial charge in [0.2, 0.25) is 0 Å². The molecule has 1 aliphatic rings. The minimum Gasteiger partial charge on any atom is -0.508 e. The lowest BCUT2D eigenvalue weighted by Gasteiger charge is -2.19. The average Bonchev–Trinajstić information content (AvgIpc) is 3.16. The van der Waals surface area contributed by atoms with E-state index in [0.717, 1.165) is 22.3 Å². The molecule has 0 saturated heterocycles. The Balaban J connectivity index is 1.30. The van der Waals surface area contributed by atoms with Crippen LogP contribution in [0.2, 0.25) is 0 Å². The summed E-state index contributed by atoms with van der Waals surface area (Å²) in [5.41, 5.74) is 4.83. The minimum absolute atomic E-state index is 0.0293. The van der Waals surface area contributed by atoms with Crippen LogP contribution >= 0.6 is 0 Å². The number of alkyl carbamates (subject to hydrolysis) is 1. The van der Waals surface area contributed by atoms with E-state index >= 15 is 0 Å². The molecule has 0 bridgehead atoms. The van der Waals surface area contributed by atoms with E-state index in [1.54, 1.807) is 0 Å². The van der Waals surface area contributed by atoms with Crippen LogP contribution in [0.5, 0.6) is 5.75 Å². The summed E-state index contributed by atoms with van der Waals surface area (Å²) in [6, 6.07) is 22.0. The molecule has 0 heterocycles. The zero-order valence-corrected chi connectivity index (χ0v) is 17.8. The number of nitrogens with zero attached hydrogens (tertiary/aromatic N) is 1. The SMILES string of the molecule is N#Cc1ccc(O)c(C(O)C(O)CCNC(=O)OCC2c3ccccc3-c3ccccc32)c1. The lowest BCUT2D eigenvalue weighted by atomic mass is 9.98. The van der Waals surface area contributed by atoms with Crippen molar-refractivity contribution in [1.29, 1.82) is 5.26 Å². The van der Waals surface area contributed by atoms with Crippen LogP contribution in [0, 0.1) is 11.3 Å². The lowest BCUT2D eigenvalue weighted by molar-refractivity contribution is 0.0124. The van der Waals surface area contributed by atoms with Crippen molar-refractivity contribution < 1.29 is 24.9 Å². The minimum atomic E-state index is -1.40.